The van der Waals surface area contributed by atoms with Gasteiger partial charge in [-0.2, -0.15) is 5.26 Å². The molecule has 0 bridgehead atoms. The zero-order chi connectivity index (χ0) is 19.3. The van der Waals surface area contributed by atoms with Gasteiger partial charge in [0.1, 0.15) is 11.7 Å². The van der Waals surface area contributed by atoms with E-state index in [1.54, 1.807) is 6.07 Å². The lowest BCUT2D eigenvalue weighted by molar-refractivity contribution is -0.384. The average molecular weight is 360 g/mol. The summed E-state index contributed by atoms with van der Waals surface area (Å²) in [6.45, 7) is 5.90. The molecule has 1 aromatic carbocycles. The molecular weight excluding hydrogens is 336 g/mol. The quantitative estimate of drug-likeness (QED) is 0.612. The number of ether oxygens (including phenoxy) is 1. The van der Waals surface area contributed by atoms with Gasteiger partial charge in [0.05, 0.1) is 16.2 Å². The zero-order valence-electron chi connectivity index (χ0n) is 15.2. The summed E-state index contributed by atoms with van der Waals surface area (Å²) < 4.78 is 5.25. The Balaban J connectivity index is 1.99. The molecule has 8 heteroatoms. The third kappa shape index (κ3) is 5.34. The fraction of sp³-hybridized carbons (Fsp3) is 0.556. The number of carbonyl (C=O) groups is 1. The third-order valence-electron chi connectivity index (χ3n) is 4.24. The van der Waals surface area contributed by atoms with E-state index in [9.17, 15) is 20.2 Å². The highest BCUT2D eigenvalue weighted by Crippen LogP contribution is 2.30. The number of benzene rings is 1. The molecule has 0 heterocycles. The molecule has 8 nitrogen and oxygen atoms in total. The molecule has 26 heavy (non-hydrogen) atoms. The largest absolute Gasteiger partial charge is 0.444 e. The highest BCUT2D eigenvalue weighted by atomic mass is 16.6. The Morgan fingerprint density at radius 3 is 2.77 bits per heavy atom. The predicted octanol–water partition coefficient (Wildman–Crippen LogP) is 3.57. The van der Waals surface area contributed by atoms with E-state index in [-0.39, 0.29) is 23.2 Å². The number of amides is 1. The van der Waals surface area contributed by atoms with E-state index in [1.165, 1.54) is 12.1 Å². The van der Waals surface area contributed by atoms with Gasteiger partial charge in [-0.25, -0.2) is 4.79 Å². The molecule has 0 saturated heterocycles. The van der Waals surface area contributed by atoms with Crippen molar-refractivity contribution in [3.05, 3.63) is 33.9 Å². The van der Waals surface area contributed by atoms with Crippen LogP contribution in [0.15, 0.2) is 18.2 Å². The Bertz CT molecular complexity index is 721. The fourth-order valence-electron chi connectivity index (χ4n) is 3.06. The van der Waals surface area contributed by atoms with Crippen molar-refractivity contribution in [3.63, 3.8) is 0 Å². The van der Waals surface area contributed by atoms with Crippen LogP contribution >= 0.6 is 0 Å². The Morgan fingerprint density at radius 1 is 1.42 bits per heavy atom. The number of non-ortho nitro benzene ring substituents is 1. The molecule has 0 radical (unpaired) electrons. The van der Waals surface area contributed by atoms with Crippen molar-refractivity contribution in [3.8, 4) is 6.07 Å². The molecule has 1 aliphatic rings. The molecule has 0 aromatic heterocycles. The first-order chi connectivity index (χ1) is 12.2. The second kappa shape index (κ2) is 8.04. The summed E-state index contributed by atoms with van der Waals surface area (Å²) >= 11 is 0. The summed E-state index contributed by atoms with van der Waals surface area (Å²) in [6.07, 6.45) is 2.41. The number of nitriles is 1. The average Bonchev–Trinajstić information content (AvgIpc) is 2.98. The number of nitrogens with one attached hydrogen (secondary N) is 2. The minimum atomic E-state index is -0.544. The van der Waals surface area contributed by atoms with Gasteiger partial charge in [-0.05, 0) is 45.6 Å². The molecule has 0 spiro atoms. The Kier molecular flexibility index (Phi) is 6.03. The number of carbonyl (C=O) groups excluding carboxylic acids is 1. The van der Waals surface area contributed by atoms with E-state index in [0.29, 0.717) is 12.2 Å². The lowest BCUT2D eigenvalue weighted by Crippen LogP contribution is -2.38. The van der Waals surface area contributed by atoms with Crippen LogP contribution in [-0.2, 0) is 4.74 Å². The molecule has 0 aliphatic heterocycles. The molecule has 1 amide bonds. The van der Waals surface area contributed by atoms with Crippen LogP contribution in [0, 0.1) is 27.4 Å². The van der Waals surface area contributed by atoms with Crippen molar-refractivity contribution < 1.29 is 14.5 Å². The number of rotatable bonds is 5. The van der Waals surface area contributed by atoms with Crippen LogP contribution in [0.5, 0.6) is 0 Å². The molecule has 1 saturated carbocycles. The van der Waals surface area contributed by atoms with E-state index in [2.05, 4.69) is 10.6 Å². The Labute approximate surface area is 152 Å². The number of hydrogen-bond donors (Lipinski definition) is 2. The molecule has 140 valence electrons. The van der Waals surface area contributed by atoms with Crippen LogP contribution in [0.25, 0.3) is 0 Å². The summed E-state index contributed by atoms with van der Waals surface area (Å²) in [4.78, 5) is 22.2. The normalized spacial score (nSPS) is 19.5. The monoisotopic (exact) mass is 360 g/mol. The van der Waals surface area contributed by atoms with Gasteiger partial charge in [0, 0.05) is 24.7 Å². The van der Waals surface area contributed by atoms with Crippen LogP contribution in [-0.4, -0.2) is 29.2 Å². The van der Waals surface area contributed by atoms with Gasteiger partial charge < -0.3 is 15.4 Å². The fourth-order valence-corrected chi connectivity index (χ4v) is 3.06. The lowest BCUT2D eigenvalue weighted by Gasteiger charge is -2.24. The van der Waals surface area contributed by atoms with Crippen LogP contribution in [0.4, 0.5) is 16.2 Å². The summed E-state index contributed by atoms with van der Waals surface area (Å²) in [7, 11) is 0. The van der Waals surface area contributed by atoms with Crippen molar-refractivity contribution >= 4 is 17.5 Å². The summed E-state index contributed by atoms with van der Waals surface area (Å²) in [5.74, 6) is 0.198. The second-order valence-electron chi connectivity index (χ2n) is 7.42. The Hall–Kier alpha value is -2.82. The van der Waals surface area contributed by atoms with Crippen molar-refractivity contribution in [1.29, 1.82) is 5.26 Å². The highest BCUT2D eigenvalue weighted by Gasteiger charge is 2.29. The van der Waals surface area contributed by atoms with Crippen LogP contribution < -0.4 is 10.6 Å². The maximum Gasteiger partial charge on any atom is 0.407 e. The van der Waals surface area contributed by atoms with Gasteiger partial charge in [-0.1, -0.05) is 6.42 Å². The summed E-state index contributed by atoms with van der Waals surface area (Å²) in [5, 5.41) is 26.2. The maximum atomic E-state index is 11.8. The van der Waals surface area contributed by atoms with Gasteiger partial charge in [0.25, 0.3) is 5.69 Å². The van der Waals surface area contributed by atoms with Gasteiger partial charge in [-0.3, -0.25) is 10.1 Å². The molecule has 2 atom stereocenters. The minimum Gasteiger partial charge on any atom is -0.444 e. The highest BCUT2D eigenvalue weighted by molar-refractivity contribution is 5.67. The van der Waals surface area contributed by atoms with Crippen LogP contribution in [0.3, 0.4) is 0 Å². The molecule has 2 rings (SSSR count). The first-order valence-corrected chi connectivity index (χ1v) is 8.61. The molecule has 1 aliphatic carbocycles. The standard InChI is InChI=1S/C18H24N4O4/c1-18(2,3)26-17(23)20-11-12-5-4-6-15(12)21-16-8-7-14(22(24)25)9-13(16)10-19/h7-9,12,15,21H,4-6,11H2,1-3H3,(H,20,23). The van der Waals surface area contributed by atoms with Gasteiger partial charge in [0.15, 0.2) is 0 Å². The lowest BCUT2D eigenvalue weighted by atomic mass is 10.0. The molecule has 1 fully saturated rings. The van der Waals surface area contributed by atoms with Crippen molar-refractivity contribution in [2.24, 2.45) is 5.92 Å². The number of alkyl carbamates (subject to hydrolysis) is 1. The summed E-state index contributed by atoms with van der Waals surface area (Å²) in [6, 6.07) is 6.29. The smallest absolute Gasteiger partial charge is 0.407 e. The number of nitrogens with zero attached hydrogens (tertiary/aromatic N) is 2. The van der Waals surface area contributed by atoms with Gasteiger partial charge in [-0.15, -0.1) is 0 Å². The molecule has 2 unspecified atom stereocenters. The SMILES string of the molecule is CC(C)(C)OC(=O)NCC1CCCC1Nc1ccc([N+](=O)[O-])cc1C#N. The van der Waals surface area contributed by atoms with Crippen LogP contribution in [0.2, 0.25) is 0 Å². The van der Waals surface area contributed by atoms with E-state index in [1.807, 2.05) is 26.8 Å². The van der Waals surface area contributed by atoms with E-state index >= 15 is 0 Å². The topological polar surface area (TPSA) is 117 Å². The molecule has 1 aromatic rings. The van der Waals surface area contributed by atoms with Crippen molar-refractivity contribution in [1.82, 2.24) is 5.32 Å². The van der Waals surface area contributed by atoms with E-state index < -0.39 is 16.6 Å². The predicted molar refractivity (Wildman–Crippen MR) is 96.8 cm³/mol. The third-order valence-corrected chi connectivity index (χ3v) is 4.24. The summed E-state index contributed by atoms with van der Waals surface area (Å²) in [5.41, 5.74) is 0.164. The van der Waals surface area contributed by atoms with E-state index in [4.69, 9.17) is 4.74 Å². The molecule has 2 N–H and O–H groups in total. The second-order valence-corrected chi connectivity index (χ2v) is 7.42. The van der Waals surface area contributed by atoms with Crippen molar-refractivity contribution in [2.45, 2.75) is 51.7 Å². The minimum absolute atomic E-state index is 0.0819. The molecular formula is C18H24N4O4. The number of anilines is 1. The number of hydrogen-bond acceptors (Lipinski definition) is 6. The number of nitro benzene ring substituents is 1. The first kappa shape index (κ1) is 19.5. The number of nitro groups is 1. The maximum absolute atomic E-state index is 11.8. The zero-order valence-corrected chi connectivity index (χ0v) is 15.2. The van der Waals surface area contributed by atoms with Gasteiger partial charge in [0.2, 0.25) is 0 Å². The van der Waals surface area contributed by atoms with Crippen LogP contribution in [0.1, 0.15) is 45.6 Å². The van der Waals surface area contributed by atoms with Gasteiger partial charge >= 0.3 is 6.09 Å². The van der Waals surface area contributed by atoms with E-state index in [0.717, 1.165) is 19.3 Å². The first-order valence-electron chi connectivity index (χ1n) is 8.61. The van der Waals surface area contributed by atoms with Crippen molar-refractivity contribution in [2.75, 3.05) is 11.9 Å². The Morgan fingerprint density at radius 2 is 2.15 bits per heavy atom.